The van der Waals surface area contributed by atoms with Crippen LogP contribution in [0, 0.1) is 5.92 Å². The van der Waals surface area contributed by atoms with E-state index in [1.165, 1.54) is 0 Å². The second-order valence-electron chi connectivity index (χ2n) is 4.22. The first-order valence-corrected chi connectivity index (χ1v) is 5.71. The van der Waals surface area contributed by atoms with Gasteiger partial charge in [0.1, 0.15) is 6.04 Å². The maximum atomic E-state index is 11.6. The van der Waals surface area contributed by atoms with Gasteiger partial charge in [-0.15, -0.1) is 0 Å². The van der Waals surface area contributed by atoms with Crippen molar-refractivity contribution in [2.45, 2.75) is 39.3 Å². The number of hydrogen-bond donors (Lipinski definition) is 3. The highest BCUT2D eigenvalue weighted by Crippen LogP contribution is 2.02. The molecule has 1 unspecified atom stereocenters. The molecule has 0 aliphatic carbocycles. The predicted octanol–water partition coefficient (Wildman–Crippen LogP) is 0.820. The Hall–Kier alpha value is -1.30. The molecule has 0 heterocycles. The van der Waals surface area contributed by atoms with E-state index in [1.54, 1.807) is 14.0 Å². The molecule has 6 nitrogen and oxygen atoms in total. The second-order valence-corrected chi connectivity index (χ2v) is 4.22. The molecule has 100 valence electrons. The van der Waals surface area contributed by atoms with Crippen molar-refractivity contribution in [2.24, 2.45) is 5.92 Å². The van der Waals surface area contributed by atoms with Crippen molar-refractivity contribution in [3.05, 3.63) is 0 Å². The van der Waals surface area contributed by atoms with Gasteiger partial charge in [0.2, 0.25) is 0 Å². The molecule has 17 heavy (non-hydrogen) atoms. The van der Waals surface area contributed by atoms with Crippen molar-refractivity contribution in [1.29, 1.82) is 0 Å². The maximum absolute atomic E-state index is 11.6. The van der Waals surface area contributed by atoms with Crippen LogP contribution in [-0.2, 0) is 9.53 Å². The van der Waals surface area contributed by atoms with E-state index in [2.05, 4.69) is 10.6 Å². The molecular formula is C11H22N2O4. The van der Waals surface area contributed by atoms with E-state index in [0.717, 1.165) is 0 Å². The number of carboxylic acids is 1. The van der Waals surface area contributed by atoms with Gasteiger partial charge in [-0.2, -0.15) is 0 Å². The second kappa shape index (κ2) is 7.89. The van der Waals surface area contributed by atoms with Crippen molar-refractivity contribution < 1.29 is 19.4 Å². The lowest BCUT2D eigenvalue weighted by Gasteiger charge is -2.22. The van der Waals surface area contributed by atoms with E-state index in [1.807, 2.05) is 13.8 Å². The van der Waals surface area contributed by atoms with Crippen LogP contribution in [0.3, 0.4) is 0 Å². The molecule has 2 atom stereocenters. The SMILES string of the molecule is CC[C@@H](NC(=O)NC(COC)C(C)C)C(=O)O. The lowest BCUT2D eigenvalue weighted by atomic mass is 10.1. The quantitative estimate of drug-likeness (QED) is 0.620. The molecule has 0 fully saturated rings. The number of nitrogens with one attached hydrogen (secondary N) is 2. The highest BCUT2D eigenvalue weighted by atomic mass is 16.5. The van der Waals surface area contributed by atoms with Crippen molar-refractivity contribution in [1.82, 2.24) is 10.6 Å². The lowest BCUT2D eigenvalue weighted by Crippen LogP contribution is -2.51. The summed E-state index contributed by atoms with van der Waals surface area (Å²) in [6.45, 7) is 6.01. The Kier molecular flexibility index (Phi) is 7.29. The molecule has 0 aliphatic heterocycles. The van der Waals surface area contributed by atoms with Crippen LogP contribution in [-0.4, -0.2) is 42.9 Å². The number of methoxy groups -OCH3 is 1. The van der Waals surface area contributed by atoms with Crippen LogP contribution < -0.4 is 10.6 Å². The third kappa shape index (κ3) is 6.11. The van der Waals surface area contributed by atoms with Gasteiger partial charge in [0, 0.05) is 7.11 Å². The smallest absolute Gasteiger partial charge is 0.326 e. The van der Waals surface area contributed by atoms with Crippen LogP contribution >= 0.6 is 0 Å². The fourth-order valence-corrected chi connectivity index (χ4v) is 1.29. The normalized spacial score (nSPS) is 14.2. The van der Waals surface area contributed by atoms with Gasteiger partial charge in [0.05, 0.1) is 12.6 Å². The van der Waals surface area contributed by atoms with Crippen LogP contribution in [0.1, 0.15) is 27.2 Å². The predicted molar refractivity (Wildman–Crippen MR) is 63.9 cm³/mol. The Balaban J connectivity index is 4.26. The minimum atomic E-state index is -1.03. The fraction of sp³-hybridized carbons (Fsp3) is 0.818. The number of carbonyl (C=O) groups excluding carboxylic acids is 1. The minimum Gasteiger partial charge on any atom is -0.480 e. The molecule has 0 saturated carbocycles. The number of urea groups is 1. The van der Waals surface area contributed by atoms with Gasteiger partial charge in [-0.1, -0.05) is 20.8 Å². The van der Waals surface area contributed by atoms with Crippen molar-refractivity contribution >= 4 is 12.0 Å². The van der Waals surface area contributed by atoms with Crippen molar-refractivity contribution in [2.75, 3.05) is 13.7 Å². The number of carbonyl (C=O) groups is 2. The van der Waals surface area contributed by atoms with E-state index in [0.29, 0.717) is 13.0 Å². The van der Waals surface area contributed by atoms with E-state index in [-0.39, 0.29) is 12.0 Å². The number of amides is 2. The first kappa shape index (κ1) is 15.7. The summed E-state index contributed by atoms with van der Waals surface area (Å²) >= 11 is 0. The minimum absolute atomic E-state index is 0.133. The van der Waals surface area contributed by atoms with E-state index in [9.17, 15) is 9.59 Å². The molecule has 0 bridgehead atoms. The number of carboxylic acid groups (broad SMARTS) is 1. The first-order valence-electron chi connectivity index (χ1n) is 5.71. The summed E-state index contributed by atoms with van der Waals surface area (Å²) in [5.74, 6) is -0.818. The van der Waals surface area contributed by atoms with Gasteiger partial charge < -0.3 is 20.5 Å². The summed E-state index contributed by atoms with van der Waals surface area (Å²) in [5.41, 5.74) is 0. The van der Waals surface area contributed by atoms with Gasteiger partial charge in [-0.25, -0.2) is 9.59 Å². The van der Waals surface area contributed by atoms with E-state index < -0.39 is 18.0 Å². The number of aliphatic carboxylic acids is 1. The Morgan fingerprint density at radius 2 is 1.88 bits per heavy atom. The molecule has 0 saturated heterocycles. The van der Waals surface area contributed by atoms with Crippen LogP contribution in [0.5, 0.6) is 0 Å². The Morgan fingerprint density at radius 3 is 2.24 bits per heavy atom. The Morgan fingerprint density at radius 1 is 1.29 bits per heavy atom. The van der Waals surface area contributed by atoms with Crippen molar-refractivity contribution in [3.63, 3.8) is 0 Å². The molecule has 3 N–H and O–H groups in total. The molecule has 0 aromatic carbocycles. The summed E-state index contributed by atoms with van der Waals surface area (Å²) in [6, 6.07) is -1.47. The molecule has 0 spiro atoms. The summed E-state index contributed by atoms with van der Waals surface area (Å²) in [4.78, 5) is 22.3. The fourth-order valence-electron chi connectivity index (χ4n) is 1.29. The van der Waals surface area contributed by atoms with Crippen LogP contribution in [0.25, 0.3) is 0 Å². The molecule has 0 rings (SSSR count). The monoisotopic (exact) mass is 246 g/mol. The highest BCUT2D eigenvalue weighted by Gasteiger charge is 2.20. The zero-order valence-electron chi connectivity index (χ0n) is 10.8. The zero-order chi connectivity index (χ0) is 13.4. The van der Waals surface area contributed by atoms with Gasteiger partial charge in [-0.05, 0) is 12.3 Å². The Labute approximate surface area is 102 Å². The van der Waals surface area contributed by atoms with E-state index >= 15 is 0 Å². The zero-order valence-corrected chi connectivity index (χ0v) is 10.8. The third-order valence-electron chi connectivity index (χ3n) is 2.48. The average molecular weight is 246 g/mol. The summed E-state index contributed by atoms with van der Waals surface area (Å²) in [6.07, 6.45) is 0.347. The highest BCUT2D eigenvalue weighted by molar-refractivity contribution is 5.82. The Bertz CT molecular complexity index is 256. The standard InChI is InChI=1S/C11H22N2O4/c1-5-8(10(14)15)12-11(16)13-9(6-17-4)7(2)3/h7-9H,5-6H2,1-4H3,(H,14,15)(H2,12,13,16)/t8-,9?/m1/s1. The third-order valence-corrected chi connectivity index (χ3v) is 2.48. The molecule has 0 aromatic rings. The molecular weight excluding hydrogens is 224 g/mol. The summed E-state index contributed by atoms with van der Waals surface area (Å²) < 4.78 is 4.99. The summed E-state index contributed by atoms with van der Waals surface area (Å²) in [5, 5.41) is 13.9. The van der Waals surface area contributed by atoms with Crippen LogP contribution in [0.2, 0.25) is 0 Å². The van der Waals surface area contributed by atoms with Crippen LogP contribution in [0.4, 0.5) is 4.79 Å². The van der Waals surface area contributed by atoms with E-state index in [4.69, 9.17) is 9.84 Å². The number of hydrogen-bond acceptors (Lipinski definition) is 3. The number of ether oxygens (including phenoxy) is 1. The topological polar surface area (TPSA) is 87.7 Å². The lowest BCUT2D eigenvalue weighted by molar-refractivity contribution is -0.139. The summed E-state index contributed by atoms with van der Waals surface area (Å²) in [7, 11) is 1.56. The first-order chi connectivity index (χ1) is 7.92. The van der Waals surface area contributed by atoms with Gasteiger partial charge in [0.25, 0.3) is 0 Å². The number of rotatable bonds is 7. The molecule has 0 aromatic heterocycles. The molecule has 2 amide bonds. The molecule has 0 radical (unpaired) electrons. The van der Waals surface area contributed by atoms with Gasteiger partial charge in [-0.3, -0.25) is 0 Å². The largest absolute Gasteiger partial charge is 0.480 e. The van der Waals surface area contributed by atoms with Gasteiger partial charge >= 0.3 is 12.0 Å². The maximum Gasteiger partial charge on any atom is 0.326 e. The van der Waals surface area contributed by atoms with Crippen LogP contribution in [0.15, 0.2) is 0 Å². The molecule has 0 aliphatic rings. The van der Waals surface area contributed by atoms with Crippen molar-refractivity contribution in [3.8, 4) is 0 Å². The molecule has 6 heteroatoms. The van der Waals surface area contributed by atoms with Gasteiger partial charge in [0.15, 0.2) is 0 Å². The average Bonchev–Trinajstić information content (AvgIpc) is 2.24.